The number of halogens is 2. The number of phenols is 1. The van der Waals surface area contributed by atoms with Gasteiger partial charge in [-0.25, -0.2) is 4.39 Å². The molecule has 3 N–H and O–H groups in total. The van der Waals surface area contributed by atoms with Gasteiger partial charge in [0.15, 0.2) is 0 Å². The molecule has 0 heterocycles. The minimum absolute atomic E-state index is 0.0654. The van der Waals surface area contributed by atoms with Crippen LogP contribution in [0.25, 0.3) is 0 Å². The van der Waals surface area contributed by atoms with E-state index < -0.39 is 5.82 Å². The molecule has 0 aromatic heterocycles. The number of hydrogen-bond donors (Lipinski definition) is 2. The summed E-state index contributed by atoms with van der Waals surface area (Å²) in [5, 5.41) is 9.66. The zero-order valence-corrected chi connectivity index (χ0v) is 9.09. The summed E-state index contributed by atoms with van der Waals surface area (Å²) in [6.45, 7) is 0. The van der Waals surface area contributed by atoms with E-state index in [0.29, 0.717) is 10.4 Å². The summed E-state index contributed by atoms with van der Waals surface area (Å²) in [4.78, 5) is 0. The first-order valence-electron chi connectivity index (χ1n) is 4.53. The molecule has 0 bridgehead atoms. The van der Waals surface area contributed by atoms with Crippen molar-refractivity contribution in [1.29, 1.82) is 0 Å². The van der Waals surface area contributed by atoms with Gasteiger partial charge in [0.25, 0.3) is 0 Å². The lowest BCUT2D eigenvalue weighted by molar-refractivity contribution is 0.438. The van der Waals surface area contributed by atoms with Crippen molar-refractivity contribution < 1.29 is 9.50 Å². The first-order chi connectivity index (χ1) is 6.61. The van der Waals surface area contributed by atoms with E-state index in [2.05, 4.69) is 15.9 Å². The van der Waals surface area contributed by atoms with E-state index in [1.165, 1.54) is 12.1 Å². The first kappa shape index (κ1) is 9.93. The van der Waals surface area contributed by atoms with Crippen molar-refractivity contribution in [2.24, 2.45) is 11.7 Å². The van der Waals surface area contributed by atoms with Crippen LogP contribution < -0.4 is 5.73 Å². The van der Waals surface area contributed by atoms with E-state index in [1.807, 2.05) is 0 Å². The maximum Gasteiger partial charge on any atom is 0.137 e. The van der Waals surface area contributed by atoms with Crippen LogP contribution in [0.3, 0.4) is 0 Å². The molecule has 4 heteroatoms. The lowest BCUT2D eigenvalue weighted by atomic mass is 10.0. The highest BCUT2D eigenvalue weighted by Gasteiger charge is 2.33. The summed E-state index contributed by atoms with van der Waals surface area (Å²) in [5.41, 5.74) is 6.09. The summed E-state index contributed by atoms with van der Waals surface area (Å²) in [7, 11) is 0. The van der Waals surface area contributed by atoms with Crippen LogP contribution in [0.1, 0.15) is 24.4 Å². The first-order valence-corrected chi connectivity index (χ1v) is 5.33. The van der Waals surface area contributed by atoms with Gasteiger partial charge in [-0.1, -0.05) is 0 Å². The fraction of sp³-hybridized carbons (Fsp3) is 0.400. The Balaban J connectivity index is 2.43. The Morgan fingerprint density at radius 2 is 2.14 bits per heavy atom. The van der Waals surface area contributed by atoms with Gasteiger partial charge >= 0.3 is 0 Å². The summed E-state index contributed by atoms with van der Waals surface area (Å²) in [6.07, 6.45) is 2.04. The monoisotopic (exact) mass is 259 g/mol. The van der Waals surface area contributed by atoms with Crippen LogP contribution in [-0.4, -0.2) is 5.11 Å². The molecule has 2 rings (SSSR count). The summed E-state index contributed by atoms with van der Waals surface area (Å²) < 4.78 is 13.9. The fourth-order valence-corrected chi connectivity index (χ4v) is 1.91. The summed E-state index contributed by atoms with van der Waals surface area (Å²) in [5.74, 6) is -0.167. The molecular formula is C10H11BrFNO. The summed E-state index contributed by atoms with van der Waals surface area (Å²) >= 11 is 3.15. The van der Waals surface area contributed by atoms with E-state index in [9.17, 15) is 9.50 Å². The molecule has 1 aliphatic rings. The van der Waals surface area contributed by atoms with E-state index in [1.54, 1.807) is 0 Å². The van der Waals surface area contributed by atoms with Gasteiger partial charge in [0, 0.05) is 11.6 Å². The van der Waals surface area contributed by atoms with E-state index >= 15 is 0 Å². The number of nitrogens with two attached hydrogens (primary N) is 1. The average molecular weight is 260 g/mol. The molecule has 1 aliphatic carbocycles. The molecule has 1 fully saturated rings. The third-order valence-corrected chi connectivity index (χ3v) is 3.22. The van der Waals surface area contributed by atoms with Crippen molar-refractivity contribution in [3.8, 4) is 5.75 Å². The third-order valence-electron chi connectivity index (χ3n) is 2.58. The Morgan fingerprint density at radius 3 is 2.71 bits per heavy atom. The minimum atomic E-state index is -0.426. The smallest absolute Gasteiger partial charge is 0.137 e. The quantitative estimate of drug-likeness (QED) is 0.858. The van der Waals surface area contributed by atoms with Crippen molar-refractivity contribution in [3.63, 3.8) is 0 Å². The molecule has 1 aromatic rings. The lowest BCUT2D eigenvalue weighted by Crippen LogP contribution is -2.14. The van der Waals surface area contributed by atoms with Gasteiger partial charge in [0.1, 0.15) is 11.6 Å². The van der Waals surface area contributed by atoms with Gasteiger partial charge in [-0.15, -0.1) is 0 Å². The van der Waals surface area contributed by atoms with E-state index in [4.69, 9.17) is 5.73 Å². The predicted molar refractivity (Wildman–Crippen MR) is 55.4 cm³/mol. The highest BCUT2D eigenvalue weighted by Crippen LogP contribution is 2.44. The topological polar surface area (TPSA) is 46.2 Å². The molecule has 14 heavy (non-hydrogen) atoms. The Bertz CT molecular complexity index is 365. The van der Waals surface area contributed by atoms with Gasteiger partial charge in [0.05, 0.1) is 4.47 Å². The molecule has 2 nitrogen and oxygen atoms in total. The number of hydrogen-bond acceptors (Lipinski definition) is 2. The Morgan fingerprint density at radius 1 is 1.50 bits per heavy atom. The highest BCUT2D eigenvalue weighted by molar-refractivity contribution is 9.10. The molecule has 0 aliphatic heterocycles. The highest BCUT2D eigenvalue weighted by atomic mass is 79.9. The molecule has 1 aromatic carbocycles. The zero-order valence-electron chi connectivity index (χ0n) is 7.50. The number of rotatable bonds is 2. The largest absolute Gasteiger partial charge is 0.506 e. The van der Waals surface area contributed by atoms with Crippen molar-refractivity contribution in [2.45, 2.75) is 18.9 Å². The normalized spacial score (nSPS) is 18.2. The second-order valence-corrected chi connectivity index (χ2v) is 4.51. The number of benzene rings is 1. The molecule has 0 saturated heterocycles. The SMILES string of the molecule is N[C@H](c1c(F)ccc(Br)c1O)C1CC1. The number of aromatic hydroxyl groups is 1. The van der Waals surface area contributed by atoms with Crippen LogP contribution in [0.15, 0.2) is 16.6 Å². The molecule has 76 valence electrons. The van der Waals surface area contributed by atoms with Crippen molar-refractivity contribution >= 4 is 15.9 Å². The average Bonchev–Trinajstić information content (AvgIpc) is 2.95. The van der Waals surface area contributed by atoms with Gasteiger partial charge in [-0.2, -0.15) is 0 Å². The molecular weight excluding hydrogens is 249 g/mol. The fourth-order valence-electron chi connectivity index (χ4n) is 1.56. The molecule has 0 amide bonds. The standard InChI is InChI=1S/C10H11BrFNO/c11-6-3-4-7(12)8(10(6)14)9(13)5-1-2-5/h3-5,9,14H,1-2,13H2/t9-/m0/s1. The van der Waals surface area contributed by atoms with Crippen molar-refractivity contribution in [1.82, 2.24) is 0 Å². The van der Waals surface area contributed by atoms with Crippen LogP contribution in [0.5, 0.6) is 5.75 Å². The predicted octanol–water partition coefficient (Wildman–Crippen LogP) is 2.70. The summed E-state index contributed by atoms with van der Waals surface area (Å²) in [6, 6.07) is 2.42. The third kappa shape index (κ3) is 1.64. The van der Waals surface area contributed by atoms with Crippen molar-refractivity contribution in [3.05, 3.63) is 28.0 Å². The maximum atomic E-state index is 13.4. The van der Waals surface area contributed by atoms with Crippen LogP contribution in [0.2, 0.25) is 0 Å². The van der Waals surface area contributed by atoms with Crippen LogP contribution in [0, 0.1) is 11.7 Å². The minimum Gasteiger partial charge on any atom is -0.506 e. The Labute approximate surface area is 90.1 Å². The molecule has 1 atom stereocenters. The zero-order chi connectivity index (χ0) is 10.3. The van der Waals surface area contributed by atoms with E-state index in [-0.39, 0.29) is 17.4 Å². The second-order valence-electron chi connectivity index (χ2n) is 3.65. The molecule has 0 radical (unpaired) electrons. The Hall–Kier alpha value is -0.610. The van der Waals surface area contributed by atoms with E-state index in [0.717, 1.165) is 12.8 Å². The van der Waals surface area contributed by atoms with Crippen LogP contribution in [0.4, 0.5) is 4.39 Å². The second kappa shape index (κ2) is 3.51. The van der Waals surface area contributed by atoms with Gasteiger partial charge in [-0.05, 0) is 46.8 Å². The van der Waals surface area contributed by atoms with Crippen molar-refractivity contribution in [2.75, 3.05) is 0 Å². The van der Waals surface area contributed by atoms with Gasteiger partial charge < -0.3 is 10.8 Å². The maximum absolute atomic E-state index is 13.4. The van der Waals surface area contributed by atoms with Crippen LogP contribution >= 0.6 is 15.9 Å². The number of phenolic OH excluding ortho intramolecular Hbond substituents is 1. The lowest BCUT2D eigenvalue weighted by Gasteiger charge is -2.14. The molecule has 0 spiro atoms. The molecule has 0 unspecified atom stereocenters. The Kier molecular flexibility index (Phi) is 2.49. The van der Waals surface area contributed by atoms with Crippen LogP contribution in [-0.2, 0) is 0 Å². The van der Waals surface area contributed by atoms with Gasteiger partial charge in [-0.3, -0.25) is 0 Å². The molecule has 1 saturated carbocycles. The van der Waals surface area contributed by atoms with Gasteiger partial charge in [0.2, 0.25) is 0 Å².